The summed E-state index contributed by atoms with van der Waals surface area (Å²) >= 11 is 16.6. The Morgan fingerprint density at radius 3 is 2.44 bits per heavy atom. The number of hydrogen-bond donors (Lipinski definition) is 1. The highest BCUT2D eigenvalue weighted by molar-refractivity contribution is 7.83. The Morgan fingerprint density at radius 2 is 1.80 bits per heavy atom. The average Bonchev–Trinajstić information content (AvgIpc) is 2.57. The van der Waals surface area contributed by atoms with E-state index in [1.54, 1.807) is 0 Å². The number of rotatable bonds is 1. The quantitative estimate of drug-likeness (QED) is 0.672. The summed E-state index contributed by atoms with van der Waals surface area (Å²) in [7, 11) is 0. The van der Waals surface area contributed by atoms with Gasteiger partial charge in [-0.05, 0) is 19.1 Å². The Hall–Kier alpha value is -1.54. The molecule has 0 spiro atoms. The molecule has 0 bridgehead atoms. The molecule has 1 heterocycles. The standard InChI is InChI=1S/C17H10ClF3O2S2/c1-16(22)14(24)10-7-23-12(6-9(10)13(18)15(16)25)8-4-2-3-5-11(8)17(19,20)21/h2-7,22H,1H3. The third-order valence-corrected chi connectivity index (χ3v) is 5.66. The fourth-order valence-electron chi connectivity index (χ4n) is 2.57. The van der Waals surface area contributed by atoms with Crippen molar-refractivity contribution in [3.05, 3.63) is 63.9 Å². The molecular weight excluding hydrogens is 393 g/mol. The molecule has 0 saturated heterocycles. The van der Waals surface area contributed by atoms with Gasteiger partial charge in [-0.3, -0.25) is 0 Å². The molecule has 0 aromatic heterocycles. The van der Waals surface area contributed by atoms with Crippen LogP contribution in [0.2, 0.25) is 0 Å². The lowest BCUT2D eigenvalue weighted by Crippen LogP contribution is -2.46. The molecule has 3 rings (SSSR count). The minimum Gasteiger partial charge on any atom is -0.464 e. The van der Waals surface area contributed by atoms with Crippen molar-refractivity contribution in [2.45, 2.75) is 18.7 Å². The summed E-state index contributed by atoms with van der Waals surface area (Å²) < 4.78 is 45.1. The Kier molecular flexibility index (Phi) is 4.39. The number of fused-ring (bicyclic) bond motifs is 1. The zero-order valence-corrected chi connectivity index (χ0v) is 15.0. The topological polar surface area (TPSA) is 29.5 Å². The van der Waals surface area contributed by atoms with Crippen molar-refractivity contribution in [2.24, 2.45) is 0 Å². The van der Waals surface area contributed by atoms with Crippen molar-refractivity contribution in [1.29, 1.82) is 0 Å². The second kappa shape index (κ2) is 6.02. The maximum Gasteiger partial charge on any atom is 0.417 e. The van der Waals surface area contributed by atoms with Gasteiger partial charge in [0.25, 0.3) is 0 Å². The Labute approximate surface area is 157 Å². The van der Waals surface area contributed by atoms with Crippen LogP contribution in [0.15, 0.2) is 52.8 Å². The fourth-order valence-corrected chi connectivity index (χ4v) is 3.45. The van der Waals surface area contributed by atoms with Crippen LogP contribution < -0.4 is 0 Å². The Morgan fingerprint density at radius 1 is 1.16 bits per heavy atom. The van der Waals surface area contributed by atoms with E-state index in [4.69, 9.17) is 40.8 Å². The number of alkyl halides is 3. The van der Waals surface area contributed by atoms with Crippen molar-refractivity contribution in [3.8, 4) is 0 Å². The van der Waals surface area contributed by atoms with Crippen molar-refractivity contribution >= 4 is 51.5 Å². The molecule has 1 aromatic rings. The zero-order valence-electron chi connectivity index (χ0n) is 12.6. The van der Waals surface area contributed by atoms with Crippen LogP contribution in [0.4, 0.5) is 13.2 Å². The van der Waals surface area contributed by atoms with E-state index >= 15 is 0 Å². The van der Waals surface area contributed by atoms with Gasteiger partial charge in [0.2, 0.25) is 0 Å². The van der Waals surface area contributed by atoms with E-state index in [1.807, 2.05) is 0 Å². The number of thiocarbonyl (C=S) groups is 2. The van der Waals surface area contributed by atoms with Crippen LogP contribution in [0.1, 0.15) is 18.1 Å². The SMILES string of the molecule is CC1(O)C(=S)C2=COC(c3ccccc3C(F)(F)F)=CC2=C(Cl)C1=S. The van der Waals surface area contributed by atoms with Gasteiger partial charge in [-0.2, -0.15) is 13.2 Å². The van der Waals surface area contributed by atoms with Gasteiger partial charge in [0.05, 0.1) is 20.3 Å². The predicted molar refractivity (Wildman–Crippen MR) is 97.3 cm³/mol. The van der Waals surface area contributed by atoms with Crippen LogP contribution in [0.25, 0.3) is 5.76 Å². The largest absolute Gasteiger partial charge is 0.464 e. The van der Waals surface area contributed by atoms with E-state index in [2.05, 4.69) is 0 Å². The molecule has 2 nitrogen and oxygen atoms in total. The number of aliphatic hydroxyl groups is 1. The molecule has 0 saturated carbocycles. The highest BCUT2D eigenvalue weighted by Gasteiger charge is 2.43. The molecule has 1 unspecified atom stereocenters. The van der Waals surface area contributed by atoms with E-state index in [-0.39, 0.29) is 26.1 Å². The summed E-state index contributed by atoms with van der Waals surface area (Å²) in [4.78, 5) is 0.129. The number of ether oxygens (including phenoxy) is 1. The van der Waals surface area contributed by atoms with Crippen LogP contribution in [0.3, 0.4) is 0 Å². The van der Waals surface area contributed by atoms with Crippen molar-refractivity contribution in [3.63, 3.8) is 0 Å². The third-order valence-electron chi connectivity index (χ3n) is 3.93. The molecule has 1 aromatic carbocycles. The van der Waals surface area contributed by atoms with Crippen LogP contribution in [-0.4, -0.2) is 20.4 Å². The first-order valence-corrected chi connectivity index (χ1v) is 8.22. The van der Waals surface area contributed by atoms with Gasteiger partial charge in [0.15, 0.2) is 0 Å². The minimum atomic E-state index is -4.54. The van der Waals surface area contributed by atoms with E-state index in [0.29, 0.717) is 11.1 Å². The average molecular weight is 403 g/mol. The molecule has 1 aliphatic carbocycles. The highest BCUT2D eigenvalue weighted by atomic mass is 35.5. The van der Waals surface area contributed by atoms with E-state index in [1.165, 1.54) is 37.5 Å². The summed E-state index contributed by atoms with van der Waals surface area (Å²) in [5, 5.41) is 10.4. The number of halogens is 4. The minimum absolute atomic E-state index is 0.0212. The normalized spacial score (nSPS) is 23.8. The van der Waals surface area contributed by atoms with Gasteiger partial charge in [0, 0.05) is 16.7 Å². The first kappa shape index (κ1) is 18.3. The van der Waals surface area contributed by atoms with Crippen molar-refractivity contribution in [2.75, 3.05) is 0 Å². The van der Waals surface area contributed by atoms with E-state index in [0.717, 1.165) is 6.07 Å². The lowest BCUT2D eigenvalue weighted by molar-refractivity contribution is -0.137. The molecule has 0 amide bonds. The van der Waals surface area contributed by atoms with Gasteiger partial charge in [-0.1, -0.05) is 54.2 Å². The molecular formula is C17H10ClF3O2S2. The van der Waals surface area contributed by atoms with Crippen molar-refractivity contribution in [1.82, 2.24) is 0 Å². The first-order valence-electron chi connectivity index (χ1n) is 7.02. The van der Waals surface area contributed by atoms with E-state index in [9.17, 15) is 18.3 Å². The molecule has 1 atom stereocenters. The monoisotopic (exact) mass is 402 g/mol. The Bertz CT molecular complexity index is 895. The summed E-state index contributed by atoms with van der Waals surface area (Å²) in [6, 6.07) is 5.05. The molecule has 0 radical (unpaired) electrons. The number of allylic oxidation sites excluding steroid dienone is 2. The summed E-state index contributed by atoms with van der Waals surface area (Å²) in [6.45, 7) is 1.41. The second-order valence-electron chi connectivity index (χ2n) is 5.66. The van der Waals surface area contributed by atoms with Crippen LogP contribution >= 0.6 is 36.0 Å². The fraction of sp³-hybridized carbons (Fsp3) is 0.176. The lowest BCUT2D eigenvalue weighted by Gasteiger charge is -2.34. The molecule has 25 heavy (non-hydrogen) atoms. The van der Waals surface area contributed by atoms with Gasteiger partial charge < -0.3 is 9.84 Å². The molecule has 0 fully saturated rings. The molecule has 8 heteroatoms. The van der Waals surface area contributed by atoms with Gasteiger partial charge in [0.1, 0.15) is 17.6 Å². The summed E-state index contributed by atoms with van der Waals surface area (Å²) in [6.07, 6.45) is -1.99. The summed E-state index contributed by atoms with van der Waals surface area (Å²) in [5.74, 6) is -0.0306. The smallest absolute Gasteiger partial charge is 0.417 e. The van der Waals surface area contributed by atoms with Crippen LogP contribution in [-0.2, 0) is 10.9 Å². The van der Waals surface area contributed by atoms with Gasteiger partial charge in [-0.15, -0.1) is 0 Å². The molecule has 2 aliphatic rings. The molecule has 1 aliphatic heterocycles. The molecule has 1 N–H and O–H groups in total. The van der Waals surface area contributed by atoms with Crippen molar-refractivity contribution < 1.29 is 23.0 Å². The van der Waals surface area contributed by atoms with E-state index < -0.39 is 17.3 Å². The third kappa shape index (κ3) is 2.95. The maximum absolute atomic E-state index is 13.2. The Balaban J connectivity index is 2.16. The maximum atomic E-state index is 13.2. The number of hydrogen-bond acceptors (Lipinski definition) is 4. The van der Waals surface area contributed by atoms with Crippen LogP contribution in [0.5, 0.6) is 0 Å². The van der Waals surface area contributed by atoms with Gasteiger partial charge in [-0.25, -0.2) is 0 Å². The first-order chi connectivity index (χ1) is 11.5. The highest BCUT2D eigenvalue weighted by Crippen LogP contribution is 2.42. The number of benzene rings is 1. The van der Waals surface area contributed by atoms with Gasteiger partial charge >= 0.3 is 6.18 Å². The second-order valence-corrected chi connectivity index (χ2v) is 6.85. The zero-order chi connectivity index (χ0) is 18.6. The summed E-state index contributed by atoms with van der Waals surface area (Å²) in [5.41, 5.74) is -1.90. The lowest BCUT2D eigenvalue weighted by atomic mass is 9.82. The van der Waals surface area contributed by atoms with Crippen LogP contribution in [0, 0.1) is 0 Å². The predicted octanol–water partition coefficient (Wildman–Crippen LogP) is 4.96. The molecule has 130 valence electrons.